The molecule has 0 bridgehead atoms. The highest BCUT2D eigenvalue weighted by Crippen LogP contribution is 2.39. The van der Waals surface area contributed by atoms with Gasteiger partial charge in [-0.1, -0.05) is 17.7 Å². The van der Waals surface area contributed by atoms with Gasteiger partial charge in [-0.2, -0.15) is 5.10 Å². The number of amides is 1. The van der Waals surface area contributed by atoms with Gasteiger partial charge < -0.3 is 9.64 Å². The van der Waals surface area contributed by atoms with Gasteiger partial charge in [-0.05, 0) is 31.0 Å². The summed E-state index contributed by atoms with van der Waals surface area (Å²) in [7, 11) is 1.87. The summed E-state index contributed by atoms with van der Waals surface area (Å²) < 4.78 is 7.51. The van der Waals surface area contributed by atoms with Crippen molar-refractivity contribution in [2.75, 3.05) is 11.4 Å². The van der Waals surface area contributed by atoms with Crippen LogP contribution < -0.4 is 9.64 Å². The van der Waals surface area contributed by atoms with E-state index in [1.165, 1.54) is 0 Å². The number of nitrogens with zero attached hydrogens (tertiary/aromatic N) is 3. The van der Waals surface area contributed by atoms with Gasteiger partial charge in [-0.3, -0.25) is 9.48 Å². The lowest BCUT2D eigenvalue weighted by molar-refractivity contribution is -0.119. The van der Waals surface area contributed by atoms with Gasteiger partial charge in [0.05, 0.1) is 23.5 Å². The largest absolute Gasteiger partial charge is 0.485 e. The van der Waals surface area contributed by atoms with Gasteiger partial charge in [0, 0.05) is 19.7 Å². The maximum Gasteiger partial charge on any atom is 0.227 e. The quantitative estimate of drug-likeness (QED) is 0.874. The molecule has 1 aliphatic rings. The monoisotopic (exact) mass is 319 g/mol. The highest BCUT2D eigenvalue weighted by atomic mass is 35.5. The molecule has 1 unspecified atom stereocenters. The molecule has 1 atom stereocenters. The molecule has 1 aromatic carbocycles. The van der Waals surface area contributed by atoms with Crippen LogP contribution in [-0.2, 0) is 18.3 Å². The van der Waals surface area contributed by atoms with E-state index in [0.29, 0.717) is 30.2 Å². The summed E-state index contributed by atoms with van der Waals surface area (Å²) in [5.74, 6) is 0.667. The Bertz CT molecular complexity index is 698. The van der Waals surface area contributed by atoms with E-state index in [2.05, 4.69) is 5.10 Å². The molecule has 2 aromatic rings. The molecule has 0 saturated heterocycles. The molecule has 1 aromatic heterocycles. The van der Waals surface area contributed by atoms with E-state index >= 15 is 0 Å². The predicted molar refractivity (Wildman–Crippen MR) is 85.4 cm³/mol. The van der Waals surface area contributed by atoms with Gasteiger partial charge in [-0.15, -0.1) is 0 Å². The maximum absolute atomic E-state index is 12.6. The van der Waals surface area contributed by atoms with E-state index in [-0.39, 0.29) is 12.0 Å². The molecule has 2 heterocycles. The Labute approximate surface area is 134 Å². The topological polar surface area (TPSA) is 47.4 Å². The summed E-state index contributed by atoms with van der Waals surface area (Å²) in [6.45, 7) is 2.48. The number of hydrogen-bond donors (Lipinski definition) is 0. The zero-order valence-electron chi connectivity index (χ0n) is 12.6. The van der Waals surface area contributed by atoms with Crippen LogP contribution in [0.25, 0.3) is 0 Å². The molecule has 0 aliphatic carbocycles. The van der Waals surface area contributed by atoms with Crippen LogP contribution in [0.5, 0.6) is 5.75 Å². The smallest absolute Gasteiger partial charge is 0.227 e. The first kappa shape index (κ1) is 14.9. The second-order valence-electron chi connectivity index (χ2n) is 5.54. The summed E-state index contributed by atoms with van der Waals surface area (Å²) in [6.07, 6.45) is 4.76. The average Bonchev–Trinajstić information content (AvgIpc) is 2.91. The van der Waals surface area contributed by atoms with Crippen LogP contribution in [-0.4, -0.2) is 28.3 Å². The number of hydrogen-bond acceptors (Lipinski definition) is 3. The molecule has 0 N–H and O–H groups in total. The summed E-state index contributed by atoms with van der Waals surface area (Å²) in [6, 6.07) is 5.48. The first-order valence-electron chi connectivity index (χ1n) is 7.27. The Balaban J connectivity index is 1.77. The second-order valence-corrected chi connectivity index (χ2v) is 5.95. The van der Waals surface area contributed by atoms with Crippen LogP contribution in [0.3, 0.4) is 0 Å². The minimum atomic E-state index is -0.0743. The number of para-hydroxylation sites is 1. The predicted octanol–water partition coefficient (Wildman–Crippen LogP) is 2.82. The average molecular weight is 320 g/mol. The number of aromatic nitrogens is 2. The van der Waals surface area contributed by atoms with E-state index in [1.807, 2.05) is 32.3 Å². The molecule has 0 radical (unpaired) electrons. The molecule has 0 saturated carbocycles. The Hall–Kier alpha value is -2.01. The molecular formula is C16H18ClN3O2. The molecule has 0 spiro atoms. The minimum Gasteiger partial charge on any atom is -0.485 e. The molecular weight excluding hydrogens is 302 g/mol. The number of fused-ring (bicyclic) bond motifs is 1. The van der Waals surface area contributed by atoms with Crippen molar-refractivity contribution in [1.82, 2.24) is 9.78 Å². The van der Waals surface area contributed by atoms with Gasteiger partial charge in [0.15, 0.2) is 5.75 Å². The fourth-order valence-corrected chi connectivity index (χ4v) is 2.86. The van der Waals surface area contributed by atoms with Gasteiger partial charge >= 0.3 is 0 Å². The third kappa shape index (κ3) is 2.95. The second kappa shape index (κ2) is 6.01. The minimum absolute atomic E-state index is 0.0718. The first-order chi connectivity index (χ1) is 10.5. The third-order valence-electron chi connectivity index (χ3n) is 3.68. The highest BCUT2D eigenvalue weighted by Gasteiger charge is 2.28. The number of halogens is 1. The van der Waals surface area contributed by atoms with Gasteiger partial charge in [0.1, 0.15) is 6.10 Å². The number of aryl methyl sites for hydroxylation is 2. The fraction of sp³-hybridized carbons (Fsp3) is 0.375. The van der Waals surface area contributed by atoms with Crippen LogP contribution in [0.4, 0.5) is 5.69 Å². The number of rotatable bonds is 3. The van der Waals surface area contributed by atoms with Gasteiger partial charge in [-0.25, -0.2) is 0 Å². The lowest BCUT2D eigenvalue weighted by Crippen LogP contribution is -2.42. The standard InChI is InChI=1S/C16H18ClN3O2/c1-11-9-20(14-5-3-4-13(17)16(14)22-11)15(21)7-6-12-8-18-19(2)10-12/h3-5,8,10-11H,6-7,9H2,1-2H3. The molecule has 3 rings (SSSR count). The van der Waals surface area contributed by atoms with E-state index in [0.717, 1.165) is 11.3 Å². The molecule has 1 aliphatic heterocycles. The molecule has 0 fully saturated rings. The van der Waals surface area contributed by atoms with E-state index in [4.69, 9.17) is 16.3 Å². The van der Waals surface area contributed by atoms with Crippen LogP contribution in [0, 0.1) is 0 Å². The van der Waals surface area contributed by atoms with Crippen molar-refractivity contribution in [2.45, 2.75) is 25.9 Å². The Kier molecular flexibility index (Phi) is 4.07. The van der Waals surface area contributed by atoms with E-state index in [1.54, 1.807) is 21.8 Å². The third-order valence-corrected chi connectivity index (χ3v) is 3.98. The highest BCUT2D eigenvalue weighted by molar-refractivity contribution is 6.32. The van der Waals surface area contributed by atoms with Crippen LogP contribution >= 0.6 is 11.6 Å². The lowest BCUT2D eigenvalue weighted by Gasteiger charge is -2.34. The number of ether oxygens (including phenoxy) is 1. The molecule has 22 heavy (non-hydrogen) atoms. The number of benzene rings is 1. The van der Waals surface area contributed by atoms with Crippen molar-refractivity contribution in [3.05, 3.63) is 41.2 Å². The van der Waals surface area contributed by atoms with Crippen molar-refractivity contribution < 1.29 is 9.53 Å². The van der Waals surface area contributed by atoms with Crippen molar-refractivity contribution >= 4 is 23.2 Å². The SMILES string of the molecule is CC1CN(C(=O)CCc2cnn(C)c2)c2cccc(Cl)c2O1. The molecule has 6 heteroatoms. The Morgan fingerprint density at radius 1 is 1.50 bits per heavy atom. The number of carbonyl (C=O) groups is 1. The summed E-state index contributed by atoms with van der Waals surface area (Å²) in [5.41, 5.74) is 1.81. The number of anilines is 1. The Morgan fingerprint density at radius 3 is 3.05 bits per heavy atom. The van der Waals surface area contributed by atoms with Crippen LogP contribution in [0.1, 0.15) is 18.9 Å². The van der Waals surface area contributed by atoms with Gasteiger partial charge in [0.25, 0.3) is 0 Å². The van der Waals surface area contributed by atoms with E-state index < -0.39 is 0 Å². The van der Waals surface area contributed by atoms with Crippen LogP contribution in [0.15, 0.2) is 30.6 Å². The van der Waals surface area contributed by atoms with Crippen LogP contribution in [0.2, 0.25) is 5.02 Å². The zero-order chi connectivity index (χ0) is 15.7. The van der Waals surface area contributed by atoms with E-state index in [9.17, 15) is 4.79 Å². The maximum atomic E-state index is 12.6. The molecule has 5 nitrogen and oxygen atoms in total. The van der Waals surface area contributed by atoms with Crippen molar-refractivity contribution in [1.29, 1.82) is 0 Å². The van der Waals surface area contributed by atoms with Gasteiger partial charge in [0.2, 0.25) is 5.91 Å². The Morgan fingerprint density at radius 2 is 2.32 bits per heavy atom. The summed E-state index contributed by atoms with van der Waals surface area (Å²) >= 11 is 6.18. The lowest BCUT2D eigenvalue weighted by atomic mass is 10.1. The normalized spacial score (nSPS) is 17.0. The fourth-order valence-electron chi connectivity index (χ4n) is 2.64. The van der Waals surface area contributed by atoms with Crippen molar-refractivity contribution in [2.24, 2.45) is 7.05 Å². The number of carbonyl (C=O) groups excluding carboxylic acids is 1. The van der Waals surface area contributed by atoms with Crippen molar-refractivity contribution in [3.8, 4) is 5.75 Å². The zero-order valence-corrected chi connectivity index (χ0v) is 13.4. The molecule has 116 valence electrons. The summed E-state index contributed by atoms with van der Waals surface area (Å²) in [4.78, 5) is 14.4. The summed E-state index contributed by atoms with van der Waals surface area (Å²) in [5, 5.41) is 4.66. The first-order valence-corrected chi connectivity index (χ1v) is 7.65. The van der Waals surface area contributed by atoms with Crippen molar-refractivity contribution in [3.63, 3.8) is 0 Å². The molecule has 1 amide bonds.